The van der Waals surface area contributed by atoms with Crippen LogP contribution in [0.5, 0.6) is 0 Å². The van der Waals surface area contributed by atoms with Crippen LogP contribution in [0, 0.1) is 5.82 Å². The van der Waals surface area contributed by atoms with E-state index in [0.29, 0.717) is 17.4 Å². The summed E-state index contributed by atoms with van der Waals surface area (Å²) in [7, 11) is 1.49. The van der Waals surface area contributed by atoms with Crippen LogP contribution in [0.3, 0.4) is 0 Å². The SMILES string of the molecule is CNC(=O)c1ccn(-c2ccnc(Cc3cc(F)cc(C(F)(F)F)c3)c2)n1. The summed E-state index contributed by atoms with van der Waals surface area (Å²) in [6.07, 6.45) is -1.57. The Morgan fingerprint density at radius 2 is 1.96 bits per heavy atom. The third-order valence-electron chi connectivity index (χ3n) is 3.78. The van der Waals surface area contributed by atoms with Gasteiger partial charge in [0.15, 0.2) is 5.69 Å². The Balaban J connectivity index is 1.88. The topological polar surface area (TPSA) is 59.8 Å². The van der Waals surface area contributed by atoms with Crippen LogP contribution < -0.4 is 5.32 Å². The summed E-state index contributed by atoms with van der Waals surface area (Å²) in [5.41, 5.74) is 0.330. The molecule has 0 saturated heterocycles. The van der Waals surface area contributed by atoms with Gasteiger partial charge in [-0.25, -0.2) is 9.07 Å². The zero-order valence-corrected chi connectivity index (χ0v) is 14.1. The van der Waals surface area contributed by atoms with Crippen molar-refractivity contribution in [3.05, 3.63) is 77.1 Å². The van der Waals surface area contributed by atoms with Crippen molar-refractivity contribution in [3.8, 4) is 5.69 Å². The lowest BCUT2D eigenvalue weighted by Gasteiger charge is -2.10. The number of hydrogen-bond donors (Lipinski definition) is 1. The van der Waals surface area contributed by atoms with E-state index in [4.69, 9.17) is 0 Å². The number of benzene rings is 1. The van der Waals surface area contributed by atoms with E-state index in [1.54, 1.807) is 18.3 Å². The van der Waals surface area contributed by atoms with E-state index in [1.807, 2.05) is 0 Å². The molecule has 0 atom stereocenters. The Bertz CT molecular complexity index is 981. The van der Waals surface area contributed by atoms with Gasteiger partial charge in [0.2, 0.25) is 0 Å². The van der Waals surface area contributed by atoms with Gasteiger partial charge in [-0.15, -0.1) is 0 Å². The molecule has 1 amide bonds. The van der Waals surface area contributed by atoms with Gasteiger partial charge in [-0.1, -0.05) is 0 Å². The van der Waals surface area contributed by atoms with E-state index in [1.165, 1.54) is 24.0 Å². The predicted molar refractivity (Wildman–Crippen MR) is 89.0 cm³/mol. The highest BCUT2D eigenvalue weighted by atomic mass is 19.4. The fourth-order valence-electron chi connectivity index (χ4n) is 2.55. The van der Waals surface area contributed by atoms with Gasteiger partial charge in [-0.2, -0.15) is 18.3 Å². The highest BCUT2D eigenvalue weighted by molar-refractivity contribution is 5.91. The number of amides is 1. The Morgan fingerprint density at radius 1 is 1.19 bits per heavy atom. The molecular weight excluding hydrogens is 364 g/mol. The van der Waals surface area contributed by atoms with Crippen molar-refractivity contribution in [1.82, 2.24) is 20.1 Å². The quantitative estimate of drug-likeness (QED) is 0.708. The maximum atomic E-state index is 13.5. The van der Waals surface area contributed by atoms with Crippen molar-refractivity contribution in [1.29, 1.82) is 0 Å². The van der Waals surface area contributed by atoms with Gasteiger partial charge in [-0.3, -0.25) is 9.78 Å². The molecule has 3 aromatic rings. The number of halogens is 4. The average Bonchev–Trinajstić information content (AvgIpc) is 3.10. The lowest BCUT2D eigenvalue weighted by molar-refractivity contribution is -0.137. The number of alkyl halides is 3. The van der Waals surface area contributed by atoms with E-state index in [9.17, 15) is 22.4 Å². The highest BCUT2D eigenvalue weighted by Gasteiger charge is 2.31. The summed E-state index contributed by atoms with van der Waals surface area (Å²) in [5.74, 6) is -1.30. The van der Waals surface area contributed by atoms with Crippen LogP contribution in [-0.2, 0) is 12.6 Å². The molecule has 0 aliphatic rings. The van der Waals surface area contributed by atoms with E-state index < -0.39 is 17.6 Å². The molecule has 9 heteroatoms. The Hall–Kier alpha value is -3.23. The number of pyridine rings is 1. The van der Waals surface area contributed by atoms with Crippen LogP contribution in [0.15, 0.2) is 48.8 Å². The van der Waals surface area contributed by atoms with Gasteiger partial charge in [0.1, 0.15) is 5.82 Å². The van der Waals surface area contributed by atoms with Crippen LogP contribution in [0.25, 0.3) is 5.69 Å². The largest absolute Gasteiger partial charge is 0.416 e. The van der Waals surface area contributed by atoms with Crippen molar-refractivity contribution in [3.63, 3.8) is 0 Å². The lowest BCUT2D eigenvalue weighted by Crippen LogP contribution is -2.18. The number of carbonyl (C=O) groups is 1. The van der Waals surface area contributed by atoms with Gasteiger partial charge >= 0.3 is 6.18 Å². The Morgan fingerprint density at radius 3 is 2.67 bits per heavy atom. The minimum Gasteiger partial charge on any atom is -0.354 e. The minimum atomic E-state index is -4.63. The van der Waals surface area contributed by atoms with Crippen molar-refractivity contribution in [2.75, 3.05) is 7.05 Å². The molecule has 140 valence electrons. The standard InChI is InChI=1S/C18H14F4N4O/c1-23-17(27)16-3-5-26(25-16)15-2-4-24-14(10-15)8-11-6-12(18(20,21)22)9-13(19)7-11/h2-7,9-10H,8H2,1H3,(H,23,27). The van der Waals surface area contributed by atoms with Crippen LogP contribution in [0.2, 0.25) is 0 Å². The summed E-state index contributed by atoms with van der Waals surface area (Å²) in [4.78, 5) is 15.7. The first-order chi connectivity index (χ1) is 12.8. The molecule has 3 rings (SSSR count). The second kappa shape index (κ2) is 7.18. The number of carbonyl (C=O) groups excluding carboxylic acids is 1. The zero-order chi connectivity index (χ0) is 19.6. The van der Waals surface area contributed by atoms with Crippen molar-refractivity contribution >= 4 is 5.91 Å². The molecule has 0 aliphatic heterocycles. The first-order valence-electron chi connectivity index (χ1n) is 7.86. The summed E-state index contributed by atoms with van der Waals surface area (Å²) >= 11 is 0. The normalized spacial score (nSPS) is 11.4. The van der Waals surface area contributed by atoms with Crippen LogP contribution >= 0.6 is 0 Å². The van der Waals surface area contributed by atoms with Crippen LogP contribution in [-0.4, -0.2) is 27.7 Å². The molecule has 2 heterocycles. The number of nitrogens with one attached hydrogen (secondary N) is 1. The maximum absolute atomic E-state index is 13.5. The summed E-state index contributed by atoms with van der Waals surface area (Å²) in [5, 5.41) is 6.59. The molecule has 0 spiro atoms. The van der Waals surface area contributed by atoms with E-state index in [-0.39, 0.29) is 23.6 Å². The average molecular weight is 378 g/mol. The number of aromatic nitrogens is 3. The number of hydrogen-bond acceptors (Lipinski definition) is 3. The smallest absolute Gasteiger partial charge is 0.354 e. The highest BCUT2D eigenvalue weighted by Crippen LogP contribution is 2.30. The number of rotatable bonds is 4. The lowest BCUT2D eigenvalue weighted by atomic mass is 10.0. The first kappa shape index (κ1) is 18.6. The predicted octanol–water partition coefficient (Wildman–Crippen LogP) is 3.38. The van der Waals surface area contributed by atoms with E-state index >= 15 is 0 Å². The molecule has 0 unspecified atom stereocenters. The van der Waals surface area contributed by atoms with Gasteiger partial charge in [0.05, 0.1) is 11.3 Å². The molecule has 0 fully saturated rings. The number of nitrogens with zero attached hydrogens (tertiary/aromatic N) is 3. The third-order valence-corrected chi connectivity index (χ3v) is 3.78. The van der Waals surface area contributed by atoms with Crippen LogP contribution in [0.1, 0.15) is 27.3 Å². The zero-order valence-electron chi connectivity index (χ0n) is 14.1. The monoisotopic (exact) mass is 378 g/mol. The molecule has 5 nitrogen and oxygen atoms in total. The van der Waals surface area contributed by atoms with E-state index in [2.05, 4.69) is 15.4 Å². The van der Waals surface area contributed by atoms with Crippen molar-refractivity contribution in [2.24, 2.45) is 0 Å². The van der Waals surface area contributed by atoms with E-state index in [0.717, 1.165) is 12.1 Å². The summed E-state index contributed by atoms with van der Waals surface area (Å²) < 4.78 is 53.5. The fraction of sp³-hybridized carbons (Fsp3) is 0.167. The maximum Gasteiger partial charge on any atom is 0.416 e. The minimum absolute atomic E-state index is 0.0122. The fourth-order valence-corrected chi connectivity index (χ4v) is 2.55. The Labute approximate surface area is 151 Å². The molecule has 0 aliphatic carbocycles. The summed E-state index contributed by atoms with van der Waals surface area (Å²) in [6.45, 7) is 0. The molecular formula is C18H14F4N4O. The Kier molecular flexibility index (Phi) is 4.93. The third kappa shape index (κ3) is 4.30. The molecule has 1 N–H and O–H groups in total. The van der Waals surface area contributed by atoms with Crippen molar-refractivity contribution < 1.29 is 22.4 Å². The van der Waals surface area contributed by atoms with Gasteiger partial charge in [0.25, 0.3) is 5.91 Å². The molecule has 0 saturated carbocycles. The molecule has 1 aromatic carbocycles. The molecule has 2 aromatic heterocycles. The molecule has 0 radical (unpaired) electrons. The van der Waals surface area contributed by atoms with Gasteiger partial charge in [0, 0.05) is 31.6 Å². The van der Waals surface area contributed by atoms with Gasteiger partial charge in [-0.05, 0) is 42.0 Å². The second-order valence-electron chi connectivity index (χ2n) is 5.75. The summed E-state index contributed by atoms with van der Waals surface area (Å²) in [6, 6.07) is 7.17. The van der Waals surface area contributed by atoms with Gasteiger partial charge < -0.3 is 5.32 Å². The van der Waals surface area contributed by atoms with Crippen LogP contribution in [0.4, 0.5) is 17.6 Å². The molecule has 27 heavy (non-hydrogen) atoms. The van der Waals surface area contributed by atoms with Crippen molar-refractivity contribution in [2.45, 2.75) is 12.6 Å². The second-order valence-corrected chi connectivity index (χ2v) is 5.75. The molecule has 0 bridgehead atoms. The first-order valence-corrected chi connectivity index (χ1v) is 7.86.